The molecule has 78 valence electrons. The molecule has 0 bridgehead atoms. The van der Waals surface area contributed by atoms with Crippen molar-refractivity contribution in [2.75, 3.05) is 0 Å². The molecule has 0 heterocycles. The zero-order valence-corrected chi connectivity index (χ0v) is 5.73. The van der Waals surface area contributed by atoms with Crippen LogP contribution in [0.5, 0.6) is 0 Å². The van der Waals surface area contributed by atoms with Gasteiger partial charge >= 0.3 is 12.4 Å². The summed E-state index contributed by atoms with van der Waals surface area (Å²) >= 11 is 0. The molecule has 1 aliphatic carbocycles. The van der Waals surface area contributed by atoms with Crippen LogP contribution in [0.1, 0.15) is 6.42 Å². The molecule has 0 saturated heterocycles. The quantitative estimate of drug-likeness (QED) is 0.544. The van der Waals surface area contributed by atoms with E-state index in [1.54, 1.807) is 0 Å². The van der Waals surface area contributed by atoms with Crippen LogP contribution in [0.4, 0.5) is 35.1 Å². The first-order valence-electron chi connectivity index (χ1n) is 2.97. The molecule has 0 aromatic carbocycles. The summed E-state index contributed by atoms with van der Waals surface area (Å²) in [5, 5.41) is 0. The van der Waals surface area contributed by atoms with Gasteiger partial charge in [0.25, 0.3) is 11.3 Å². The Labute approximate surface area is 66.5 Å². The van der Waals surface area contributed by atoms with Crippen molar-refractivity contribution < 1.29 is 35.1 Å². The molecule has 8 heteroatoms. The Kier molecular flexibility index (Phi) is 1.69. The van der Waals surface area contributed by atoms with Crippen LogP contribution < -0.4 is 0 Å². The molecule has 0 aliphatic heterocycles. The third-order valence-electron chi connectivity index (χ3n) is 1.89. The molecule has 0 amide bonds. The normalized spacial score (nSPS) is 40.6. The minimum Gasteiger partial charge on any atom is -0.230 e. The van der Waals surface area contributed by atoms with Crippen molar-refractivity contribution in [1.29, 1.82) is 0 Å². The molecule has 1 rings (SSSR count). The van der Waals surface area contributed by atoms with E-state index < -0.39 is 30.1 Å². The molecule has 0 aromatic heterocycles. The highest BCUT2D eigenvalue weighted by atomic mass is 19.4. The second kappa shape index (κ2) is 2.09. The third-order valence-corrected chi connectivity index (χ3v) is 1.89. The van der Waals surface area contributed by atoms with E-state index >= 15 is 0 Å². The minimum atomic E-state index is -5.82. The van der Waals surface area contributed by atoms with Crippen LogP contribution >= 0.6 is 0 Å². The Morgan fingerprint density at radius 2 is 0.923 bits per heavy atom. The molecule has 2 atom stereocenters. The van der Waals surface area contributed by atoms with E-state index in [0.717, 1.165) is 0 Å². The van der Waals surface area contributed by atoms with E-state index in [2.05, 4.69) is 0 Å². The summed E-state index contributed by atoms with van der Waals surface area (Å²) in [6.07, 6.45) is -13.8. The molecule has 1 aliphatic rings. The smallest absolute Gasteiger partial charge is 0.230 e. The minimum absolute atomic E-state index is 2.20. The lowest BCUT2D eigenvalue weighted by Gasteiger charge is -2.17. The number of hydrogen-bond donors (Lipinski definition) is 0. The molecule has 2 unspecified atom stereocenters. The summed E-state index contributed by atoms with van der Waals surface area (Å²) in [6.45, 7) is 0. The van der Waals surface area contributed by atoms with Crippen molar-refractivity contribution in [3.8, 4) is 0 Å². The van der Waals surface area contributed by atoms with E-state index in [1.165, 1.54) is 0 Å². The zero-order chi connectivity index (χ0) is 10.7. The number of rotatable bonds is 0. The molecule has 0 radical (unpaired) electrons. The Balaban J connectivity index is 2.95. The van der Waals surface area contributed by atoms with E-state index in [0.29, 0.717) is 0 Å². The maximum absolute atomic E-state index is 12.3. The van der Waals surface area contributed by atoms with E-state index in [4.69, 9.17) is 0 Å². The van der Waals surface area contributed by atoms with Crippen LogP contribution in [0.3, 0.4) is 0 Å². The Morgan fingerprint density at radius 1 is 0.692 bits per heavy atom. The van der Waals surface area contributed by atoms with Gasteiger partial charge in [-0.15, -0.1) is 0 Å². The Hall–Kier alpha value is -0.560. The second-order valence-corrected chi connectivity index (χ2v) is 2.77. The summed E-state index contributed by atoms with van der Waals surface area (Å²) in [5.74, 6) is 0. The van der Waals surface area contributed by atoms with Gasteiger partial charge in [-0.2, -0.15) is 26.3 Å². The lowest BCUT2D eigenvalue weighted by atomic mass is 10.2. The van der Waals surface area contributed by atoms with Crippen LogP contribution in [0, 0.1) is 0 Å². The van der Waals surface area contributed by atoms with E-state index in [9.17, 15) is 35.1 Å². The summed E-state index contributed by atoms with van der Waals surface area (Å²) in [6, 6.07) is 0. The highest BCUT2D eigenvalue weighted by molar-refractivity contribution is 5.26. The van der Waals surface area contributed by atoms with Crippen molar-refractivity contribution in [2.24, 2.45) is 0 Å². The highest BCUT2D eigenvalue weighted by Gasteiger charge is 2.93. The predicted octanol–water partition coefficient (Wildman–Crippen LogP) is 2.93. The van der Waals surface area contributed by atoms with Crippen molar-refractivity contribution in [2.45, 2.75) is 30.1 Å². The zero-order valence-electron chi connectivity index (χ0n) is 5.73. The van der Waals surface area contributed by atoms with Gasteiger partial charge in [-0.05, 0) is 0 Å². The molecule has 0 spiro atoms. The van der Waals surface area contributed by atoms with Gasteiger partial charge in [0.1, 0.15) is 0 Å². The highest BCUT2D eigenvalue weighted by Crippen LogP contribution is 2.68. The molecular formula is C5H2F8. The first kappa shape index (κ1) is 10.5. The summed E-state index contributed by atoms with van der Waals surface area (Å²) in [4.78, 5) is 0. The second-order valence-electron chi connectivity index (χ2n) is 2.77. The van der Waals surface area contributed by atoms with Gasteiger partial charge in [0.05, 0.1) is 0 Å². The van der Waals surface area contributed by atoms with Crippen molar-refractivity contribution in [3.63, 3.8) is 0 Å². The van der Waals surface area contributed by atoms with Gasteiger partial charge in [-0.1, -0.05) is 0 Å². The standard InChI is InChI=1S/C5H2F8/c6-2(4(8,9)10)1-3(2,7)5(11,12)13/h1H2. The van der Waals surface area contributed by atoms with Crippen LogP contribution in [-0.2, 0) is 0 Å². The SMILES string of the molecule is FC(F)(F)C1(F)CC1(F)C(F)(F)F. The van der Waals surface area contributed by atoms with Crippen LogP contribution in [-0.4, -0.2) is 23.7 Å². The molecule has 13 heavy (non-hydrogen) atoms. The molecule has 0 nitrogen and oxygen atoms in total. The maximum Gasteiger partial charge on any atom is 0.426 e. The van der Waals surface area contributed by atoms with Crippen molar-refractivity contribution >= 4 is 0 Å². The molecule has 0 N–H and O–H groups in total. The van der Waals surface area contributed by atoms with Gasteiger partial charge < -0.3 is 0 Å². The van der Waals surface area contributed by atoms with Gasteiger partial charge in [-0.25, -0.2) is 8.78 Å². The van der Waals surface area contributed by atoms with Gasteiger partial charge in [0.2, 0.25) is 0 Å². The van der Waals surface area contributed by atoms with E-state index in [-0.39, 0.29) is 0 Å². The van der Waals surface area contributed by atoms with Gasteiger partial charge in [-0.3, -0.25) is 0 Å². The largest absolute Gasteiger partial charge is 0.426 e. The fourth-order valence-corrected chi connectivity index (χ4v) is 0.941. The summed E-state index contributed by atoms with van der Waals surface area (Å²) in [7, 11) is 0. The van der Waals surface area contributed by atoms with E-state index in [1.807, 2.05) is 0 Å². The predicted molar refractivity (Wildman–Crippen MR) is 24.4 cm³/mol. The van der Waals surface area contributed by atoms with Gasteiger partial charge in [0, 0.05) is 6.42 Å². The summed E-state index contributed by atoms with van der Waals surface area (Å²) < 4.78 is 93.9. The fourth-order valence-electron chi connectivity index (χ4n) is 0.941. The average molecular weight is 214 g/mol. The Bertz CT molecular complexity index is 202. The first-order chi connectivity index (χ1) is 5.46. The fraction of sp³-hybridized carbons (Fsp3) is 1.00. The summed E-state index contributed by atoms with van der Waals surface area (Å²) in [5.41, 5.74) is -9.53. The van der Waals surface area contributed by atoms with Crippen molar-refractivity contribution in [3.05, 3.63) is 0 Å². The first-order valence-corrected chi connectivity index (χ1v) is 2.97. The van der Waals surface area contributed by atoms with Crippen molar-refractivity contribution in [1.82, 2.24) is 0 Å². The van der Waals surface area contributed by atoms with Crippen LogP contribution in [0.25, 0.3) is 0 Å². The van der Waals surface area contributed by atoms with Gasteiger partial charge in [0.15, 0.2) is 0 Å². The topological polar surface area (TPSA) is 0 Å². The maximum atomic E-state index is 12.3. The lowest BCUT2D eigenvalue weighted by Crippen LogP contribution is -2.42. The van der Waals surface area contributed by atoms with Crippen LogP contribution in [0.15, 0.2) is 0 Å². The molecule has 1 saturated carbocycles. The number of hydrogen-bond acceptors (Lipinski definition) is 0. The number of alkyl halides is 8. The monoisotopic (exact) mass is 214 g/mol. The lowest BCUT2D eigenvalue weighted by molar-refractivity contribution is -0.258. The molecule has 0 aromatic rings. The third kappa shape index (κ3) is 1.10. The Morgan fingerprint density at radius 3 is 1.00 bits per heavy atom. The van der Waals surface area contributed by atoms with Crippen LogP contribution in [0.2, 0.25) is 0 Å². The average Bonchev–Trinajstić information content (AvgIpc) is 2.34. The molecule has 1 fully saturated rings. The molecular weight excluding hydrogens is 212 g/mol. The number of halogens is 8.